The average Bonchev–Trinajstić information content (AvgIpc) is 2.18. The fraction of sp³-hybridized carbons (Fsp3) is 1.00. The summed E-state index contributed by atoms with van der Waals surface area (Å²) in [6.45, 7) is 13.4. The van der Waals surface area contributed by atoms with Gasteiger partial charge in [0.1, 0.15) is 0 Å². The molecule has 0 aliphatic heterocycles. The van der Waals surface area contributed by atoms with Gasteiger partial charge in [-0.2, -0.15) is 0 Å². The van der Waals surface area contributed by atoms with Crippen LogP contribution in [-0.2, 0) is 8.85 Å². The monoisotopic (exact) mass is 248 g/mol. The van der Waals surface area contributed by atoms with Gasteiger partial charge in [0.2, 0.25) is 0 Å². The van der Waals surface area contributed by atoms with Gasteiger partial charge in [-0.25, -0.2) is 0 Å². The summed E-state index contributed by atoms with van der Waals surface area (Å²) >= 11 is 0. The van der Waals surface area contributed by atoms with Crippen LogP contribution in [0.1, 0.15) is 27.7 Å². The Bertz CT molecular complexity index is 173. The Morgan fingerprint density at radius 1 is 1.19 bits per heavy atom. The minimum Gasteiger partial charge on any atom is -0.394 e. The summed E-state index contributed by atoms with van der Waals surface area (Å²) in [7, 11) is -2.15. The molecule has 0 heterocycles. The smallest absolute Gasteiger partial charge is 0.352 e. The highest BCUT2D eigenvalue weighted by molar-refractivity contribution is 6.67. The molecule has 0 aromatic rings. The van der Waals surface area contributed by atoms with E-state index in [2.05, 4.69) is 25.7 Å². The molecule has 1 atom stereocenters. The maximum Gasteiger partial charge on any atom is 0.352 e. The van der Waals surface area contributed by atoms with E-state index in [1.54, 1.807) is 0 Å². The Hall–Kier alpha value is 0.0569. The zero-order valence-corrected chi connectivity index (χ0v) is 12.4. The summed E-state index contributed by atoms with van der Waals surface area (Å²) < 4.78 is 11.8. The van der Waals surface area contributed by atoms with E-state index >= 15 is 0 Å². The molecule has 1 unspecified atom stereocenters. The van der Waals surface area contributed by atoms with Crippen LogP contribution in [0, 0.1) is 5.92 Å². The third-order valence-corrected chi connectivity index (χ3v) is 6.33. The summed E-state index contributed by atoms with van der Waals surface area (Å²) in [4.78, 5) is 0. The molecule has 0 aromatic carbocycles. The fourth-order valence-electron chi connectivity index (χ4n) is 2.06. The molecule has 5 heteroatoms. The number of nitrogens with one attached hydrogen (secondary N) is 1. The first kappa shape index (κ1) is 16.1. The largest absolute Gasteiger partial charge is 0.394 e. The standard InChI is InChI=1S/C11H28N2O2Si/c1-6-14-16(5,15-7-2)11(10(3)4)13-9-8-12/h10-11,13H,6-9,12H2,1-5H3. The van der Waals surface area contributed by atoms with E-state index in [1.165, 1.54) is 0 Å². The van der Waals surface area contributed by atoms with Gasteiger partial charge in [-0.3, -0.25) is 0 Å². The topological polar surface area (TPSA) is 56.5 Å². The van der Waals surface area contributed by atoms with Crippen molar-refractivity contribution in [3.8, 4) is 0 Å². The Labute approximate surface area is 101 Å². The highest BCUT2D eigenvalue weighted by Gasteiger charge is 2.42. The van der Waals surface area contributed by atoms with E-state index in [0.717, 1.165) is 6.54 Å². The average molecular weight is 248 g/mol. The van der Waals surface area contributed by atoms with Crippen molar-refractivity contribution in [2.24, 2.45) is 11.7 Å². The molecule has 0 aliphatic rings. The van der Waals surface area contributed by atoms with Crippen LogP contribution in [0.2, 0.25) is 6.55 Å². The van der Waals surface area contributed by atoms with Crippen molar-refractivity contribution >= 4 is 8.56 Å². The zero-order chi connectivity index (χ0) is 12.6. The van der Waals surface area contributed by atoms with Crippen molar-refractivity contribution in [3.05, 3.63) is 0 Å². The maximum atomic E-state index is 5.90. The van der Waals surface area contributed by atoms with E-state index in [1.807, 2.05) is 13.8 Å². The molecule has 98 valence electrons. The van der Waals surface area contributed by atoms with E-state index in [9.17, 15) is 0 Å². The number of hydrogen-bond acceptors (Lipinski definition) is 4. The minimum atomic E-state index is -2.15. The summed E-state index contributed by atoms with van der Waals surface area (Å²) in [6.07, 6.45) is 0. The molecule has 0 radical (unpaired) electrons. The normalized spacial score (nSPS) is 14.4. The first-order chi connectivity index (χ1) is 7.51. The maximum absolute atomic E-state index is 5.90. The second kappa shape index (κ2) is 8.19. The van der Waals surface area contributed by atoms with Crippen molar-refractivity contribution in [2.45, 2.75) is 39.9 Å². The van der Waals surface area contributed by atoms with E-state index in [-0.39, 0.29) is 5.67 Å². The van der Waals surface area contributed by atoms with Gasteiger partial charge in [0.15, 0.2) is 0 Å². The Kier molecular flexibility index (Phi) is 8.22. The van der Waals surface area contributed by atoms with Crippen LogP contribution in [0.3, 0.4) is 0 Å². The molecular formula is C11H28N2O2Si. The molecule has 0 rings (SSSR count). The first-order valence-electron chi connectivity index (χ1n) is 6.23. The molecule has 16 heavy (non-hydrogen) atoms. The third kappa shape index (κ3) is 4.93. The second-order valence-electron chi connectivity index (χ2n) is 4.35. The van der Waals surface area contributed by atoms with E-state index in [0.29, 0.717) is 25.7 Å². The SMILES string of the molecule is CCO[Si](C)(OCC)C(NCCN)C(C)C. The van der Waals surface area contributed by atoms with E-state index in [4.69, 9.17) is 14.6 Å². The summed E-state index contributed by atoms with van der Waals surface area (Å²) in [5.74, 6) is 0.487. The fourth-order valence-corrected chi connectivity index (χ4v) is 5.37. The van der Waals surface area contributed by atoms with Gasteiger partial charge in [0.05, 0.1) is 5.67 Å². The van der Waals surface area contributed by atoms with Crippen LogP contribution in [0.15, 0.2) is 0 Å². The van der Waals surface area contributed by atoms with Crippen LogP contribution in [0.5, 0.6) is 0 Å². The number of rotatable bonds is 9. The highest BCUT2D eigenvalue weighted by Crippen LogP contribution is 2.19. The van der Waals surface area contributed by atoms with Gasteiger partial charge < -0.3 is 19.9 Å². The molecule has 0 aromatic heterocycles. The number of hydrogen-bond donors (Lipinski definition) is 2. The first-order valence-corrected chi connectivity index (χ1v) is 8.62. The van der Waals surface area contributed by atoms with Gasteiger partial charge in [0, 0.05) is 26.3 Å². The van der Waals surface area contributed by atoms with Crippen LogP contribution < -0.4 is 11.1 Å². The molecular weight excluding hydrogens is 220 g/mol. The molecule has 0 amide bonds. The highest BCUT2D eigenvalue weighted by atomic mass is 28.4. The lowest BCUT2D eigenvalue weighted by Gasteiger charge is -2.37. The van der Waals surface area contributed by atoms with Gasteiger partial charge >= 0.3 is 8.56 Å². The molecule has 0 fully saturated rings. The van der Waals surface area contributed by atoms with Crippen molar-refractivity contribution < 1.29 is 8.85 Å². The lowest BCUT2D eigenvalue weighted by atomic mass is 10.2. The molecule has 3 N–H and O–H groups in total. The van der Waals surface area contributed by atoms with Crippen molar-refractivity contribution in [1.29, 1.82) is 0 Å². The Morgan fingerprint density at radius 2 is 1.69 bits per heavy atom. The molecule has 0 saturated heterocycles. The van der Waals surface area contributed by atoms with Crippen molar-refractivity contribution in [2.75, 3.05) is 26.3 Å². The minimum absolute atomic E-state index is 0.288. The summed E-state index contributed by atoms with van der Waals surface area (Å²) in [5.41, 5.74) is 5.83. The van der Waals surface area contributed by atoms with Crippen LogP contribution in [-0.4, -0.2) is 40.5 Å². The Morgan fingerprint density at radius 3 is 2.00 bits per heavy atom. The molecule has 0 aliphatic carbocycles. The molecule has 0 spiro atoms. The van der Waals surface area contributed by atoms with Gasteiger partial charge in [-0.15, -0.1) is 0 Å². The van der Waals surface area contributed by atoms with Gasteiger partial charge in [0.25, 0.3) is 0 Å². The zero-order valence-electron chi connectivity index (χ0n) is 11.4. The lowest BCUT2D eigenvalue weighted by molar-refractivity contribution is 0.166. The van der Waals surface area contributed by atoms with Crippen molar-refractivity contribution in [3.63, 3.8) is 0 Å². The van der Waals surface area contributed by atoms with Gasteiger partial charge in [-0.1, -0.05) is 13.8 Å². The Balaban J connectivity index is 4.63. The van der Waals surface area contributed by atoms with Gasteiger partial charge in [-0.05, 0) is 26.3 Å². The molecule has 4 nitrogen and oxygen atoms in total. The van der Waals surface area contributed by atoms with Crippen LogP contribution in [0.4, 0.5) is 0 Å². The van der Waals surface area contributed by atoms with E-state index < -0.39 is 8.56 Å². The third-order valence-electron chi connectivity index (χ3n) is 2.60. The second-order valence-corrected chi connectivity index (χ2v) is 7.58. The quantitative estimate of drug-likeness (QED) is 0.603. The van der Waals surface area contributed by atoms with Crippen LogP contribution >= 0.6 is 0 Å². The predicted molar refractivity (Wildman–Crippen MR) is 70.6 cm³/mol. The molecule has 0 saturated carbocycles. The van der Waals surface area contributed by atoms with Crippen LogP contribution in [0.25, 0.3) is 0 Å². The lowest BCUT2D eigenvalue weighted by Crippen LogP contribution is -2.60. The summed E-state index contributed by atoms with van der Waals surface area (Å²) in [6, 6.07) is 0. The predicted octanol–water partition coefficient (Wildman–Crippen LogP) is 1.24. The van der Waals surface area contributed by atoms with Crippen molar-refractivity contribution in [1.82, 2.24) is 5.32 Å². The summed E-state index contributed by atoms with van der Waals surface area (Å²) in [5, 5.41) is 3.47. The number of nitrogens with two attached hydrogens (primary N) is 1. The molecule has 0 bridgehead atoms.